The van der Waals surface area contributed by atoms with Crippen LogP contribution in [0.25, 0.3) is 0 Å². The maximum absolute atomic E-state index is 12.8. The second-order valence-electron chi connectivity index (χ2n) is 4.90. The average molecular weight is 365 g/mol. The van der Waals surface area contributed by atoms with Gasteiger partial charge in [0.1, 0.15) is 5.25 Å². The van der Waals surface area contributed by atoms with Gasteiger partial charge in [0, 0.05) is 5.02 Å². The van der Waals surface area contributed by atoms with E-state index in [1.165, 1.54) is 36.4 Å². The van der Waals surface area contributed by atoms with Crippen LogP contribution in [0.3, 0.4) is 0 Å². The molecule has 0 aliphatic rings. The average Bonchev–Trinajstić information content (AvgIpc) is 2.47. The fourth-order valence-corrected chi connectivity index (χ4v) is 3.99. The maximum Gasteiger partial charge on any atom is 0.416 e. The molecule has 1 atom stereocenters. The Labute approximate surface area is 136 Å². The van der Waals surface area contributed by atoms with E-state index >= 15 is 0 Å². The lowest BCUT2D eigenvalue weighted by Crippen LogP contribution is -2.54. The molecule has 8 heteroatoms. The van der Waals surface area contributed by atoms with Crippen molar-refractivity contribution < 1.29 is 27.3 Å². The first-order chi connectivity index (χ1) is 10.7. The van der Waals surface area contributed by atoms with Crippen molar-refractivity contribution >= 4 is 21.4 Å². The molecule has 2 aromatic rings. The van der Waals surface area contributed by atoms with Crippen molar-refractivity contribution in [2.24, 2.45) is 0 Å². The van der Waals surface area contributed by atoms with Crippen LogP contribution in [0.5, 0.6) is 0 Å². The molecule has 0 aliphatic heterocycles. The molecular weight excluding hydrogens is 351 g/mol. The smallest absolute Gasteiger partial charge is 0.356 e. The number of hydrogen-bond acceptors (Lipinski definition) is 2. The van der Waals surface area contributed by atoms with Crippen LogP contribution < -0.4 is 5.73 Å². The Morgan fingerprint density at radius 1 is 1.09 bits per heavy atom. The molecule has 0 bridgehead atoms. The van der Waals surface area contributed by atoms with E-state index in [1.54, 1.807) is 0 Å². The van der Waals surface area contributed by atoms with E-state index in [0.29, 0.717) is 5.02 Å². The van der Waals surface area contributed by atoms with Crippen LogP contribution >= 0.6 is 11.6 Å². The first-order valence-corrected chi connectivity index (χ1v) is 8.54. The van der Waals surface area contributed by atoms with Gasteiger partial charge >= 0.3 is 6.18 Å². The largest absolute Gasteiger partial charge is 0.416 e. The van der Waals surface area contributed by atoms with Crippen molar-refractivity contribution in [1.82, 2.24) is 0 Å². The predicted octanol–water partition coefficient (Wildman–Crippen LogP) is 3.12. The molecule has 0 unspecified atom stereocenters. The molecule has 0 heterocycles. The van der Waals surface area contributed by atoms with Gasteiger partial charge in [0.2, 0.25) is 0 Å². The summed E-state index contributed by atoms with van der Waals surface area (Å²) in [6.07, 6.45) is -4.54. The molecule has 0 fully saturated rings. The van der Waals surface area contributed by atoms with Gasteiger partial charge < -0.3 is 5.73 Å². The summed E-state index contributed by atoms with van der Waals surface area (Å²) in [6, 6.07) is 9.79. The fraction of sp³-hybridized carbons (Fsp3) is 0.200. The van der Waals surface area contributed by atoms with Crippen molar-refractivity contribution in [1.29, 1.82) is 0 Å². The quantitative estimate of drug-likeness (QED) is 0.906. The normalized spacial score (nSPS) is 13.8. The zero-order valence-corrected chi connectivity index (χ0v) is 13.4. The van der Waals surface area contributed by atoms with E-state index in [0.717, 1.165) is 12.1 Å². The lowest BCUT2D eigenvalue weighted by molar-refractivity contribution is -0.367. The van der Waals surface area contributed by atoms with Gasteiger partial charge in [0.05, 0.1) is 17.0 Å². The first kappa shape index (κ1) is 17.8. The summed E-state index contributed by atoms with van der Waals surface area (Å²) in [4.78, 5) is -0.00652. The lowest BCUT2D eigenvalue weighted by atomic mass is 10.1. The Morgan fingerprint density at radius 2 is 1.70 bits per heavy atom. The highest BCUT2D eigenvalue weighted by Crippen LogP contribution is 2.34. The van der Waals surface area contributed by atoms with Crippen molar-refractivity contribution in [2.75, 3.05) is 6.54 Å². The van der Waals surface area contributed by atoms with Crippen LogP contribution in [0.4, 0.5) is 13.2 Å². The predicted molar refractivity (Wildman–Crippen MR) is 80.6 cm³/mol. The topological polar surface area (TPSA) is 61.8 Å². The minimum atomic E-state index is -4.54. The third-order valence-electron chi connectivity index (χ3n) is 3.36. The van der Waals surface area contributed by atoms with Crippen molar-refractivity contribution in [3.05, 3.63) is 64.7 Å². The van der Waals surface area contributed by atoms with E-state index in [-0.39, 0.29) is 17.0 Å². The molecule has 3 N–H and O–H groups in total. The number of rotatable bonds is 4. The summed E-state index contributed by atoms with van der Waals surface area (Å²) < 4.78 is 63.8. The molecule has 0 spiro atoms. The van der Waals surface area contributed by atoms with Gasteiger partial charge in [-0.3, -0.25) is 0 Å². The Balaban J connectivity index is 2.49. The third kappa shape index (κ3) is 3.85. The van der Waals surface area contributed by atoms with Gasteiger partial charge in [-0.05, 0) is 35.9 Å². The Morgan fingerprint density at radius 3 is 2.22 bits per heavy atom. The van der Waals surface area contributed by atoms with Gasteiger partial charge in [-0.1, -0.05) is 29.8 Å². The molecule has 2 aromatic carbocycles. The summed E-state index contributed by atoms with van der Waals surface area (Å²) in [7, 11) is -3.87. The third-order valence-corrected chi connectivity index (χ3v) is 5.80. The SMILES string of the molecule is [NH3+]C[C@@H](c1cccc(C(F)(F)F)c1)S(=O)(=O)c1ccc(Cl)cc1. The van der Waals surface area contributed by atoms with Crippen LogP contribution in [-0.4, -0.2) is 15.0 Å². The summed E-state index contributed by atoms with van der Waals surface area (Å²) >= 11 is 5.73. The Kier molecular flexibility index (Phi) is 5.03. The van der Waals surface area contributed by atoms with E-state index < -0.39 is 26.8 Å². The zero-order chi connectivity index (χ0) is 17.3. The number of alkyl halides is 3. The zero-order valence-electron chi connectivity index (χ0n) is 11.8. The van der Waals surface area contributed by atoms with E-state index in [9.17, 15) is 21.6 Å². The molecule has 2 rings (SSSR count). The highest BCUT2D eigenvalue weighted by Gasteiger charge is 2.34. The Bertz CT molecular complexity index is 789. The number of benzene rings is 2. The van der Waals surface area contributed by atoms with Crippen LogP contribution in [0.2, 0.25) is 5.02 Å². The molecule has 0 amide bonds. The highest BCUT2D eigenvalue weighted by atomic mass is 35.5. The number of quaternary nitrogens is 1. The van der Waals surface area contributed by atoms with Crippen molar-refractivity contribution in [3.63, 3.8) is 0 Å². The van der Waals surface area contributed by atoms with E-state index in [4.69, 9.17) is 11.6 Å². The molecule has 0 aliphatic carbocycles. The first-order valence-electron chi connectivity index (χ1n) is 6.62. The summed E-state index contributed by atoms with van der Waals surface area (Å²) in [5.74, 6) is 0. The van der Waals surface area contributed by atoms with Gasteiger partial charge in [-0.25, -0.2) is 8.42 Å². The van der Waals surface area contributed by atoms with Crippen LogP contribution in [0.15, 0.2) is 53.4 Å². The molecule has 124 valence electrons. The number of hydrogen-bond donors (Lipinski definition) is 1. The van der Waals surface area contributed by atoms with E-state index in [1.807, 2.05) is 0 Å². The minimum absolute atomic E-state index is 0.00652. The molecule has 0 aromatic heterocycles. The summed E-state index contributed by atoms with van der Waals surface area (Å²) in [5, 5.41) is -0.792. The Hall–Kier alpha value is -1.57. The lowest BCUT2D eigenvalue weighted by Gasteiger charge is -2.16. The molecule has 0 saturated carbocycles. The summed E-state index contributed by atoms with van der Waals surface area (Å²) in [5.41, 5.74) is 2.75. The second-order valence-corrected chi connectivity index (χ2v) is 7.47. The minimum Gasteiger partial charge on any atom is -0.356 e. The number of sulfone groups is 1. The van der Waals surface area contributed by atoms with Gasteiger partial charge in [-0.2, -0.15) is 13.2 Å². The molecular formula is C15H14ClF3NO2S+. The highest BCUT2D eigenvalue weighted by molar-refractivity contribution is 7.91. The van der Waals surface area contributed by atoms with Gasteiger partial charge in [0.15, 0.2) is 9.84 Å². The fourth-order valence-electron chi connectivity index (χ4n) is 2.20. The molecule has 23 heavy (non-hydrogen) atoms. The standard InChI is InChI=1S/C15H13ClF3NO2S/c16-12-4-6-13(7-5-12)23(21,22)14(9-20)10-2-1-3-11(8-10)15(17,18)19/h1-8,14H,9,20H2/p+1/t14-/m0/s1. The maximum atomic E-state index is 12.8. The number of halogens is 4. The van der Waals surface area contributed by atoms with Crippen LogP contribution in [0, 0.1) is 0 Å². The molecule has 3 nitrogen and oxygen atoms in total. The second kappa shape index (κ2) is 6.51. The van der Waals surface area contributed by atoms with Crippen LogP contribution in [-0.2, 0) is 16.0 Å². The van der Waals surface area contributed by atoms with Crippen molar-refractivity contribution in [2.45, 2.75) is 16.3 Å². The van der Waals surface area contributed by atoms with Crippen molar-refractivity contribution in [3.8, 4) is 0 Å². The summed E-state index contributed by atoms with van der Waals surface area (Å²) in [6.45, 7) is -0.0910. The van der Waals surface area contributed by atoms with Gasteiger partial charge in [-0.15, -0.1) is 0 Å². The van der Waals surface area contributed by atoms with E-state index in [2.05, 4.69) is 5.73 Å². The monoisotopic (exact) mass is 364 g/mol. The molecule has 0 radical (unpaired) electrons. The van der Waals surface area contributed by atoms with Crippen LogP contribution in [0.1, 0.15) is 16.4 Å². The van der Waals surface area contributed by atoms with Gasteiger partial charge in [0.25, 0.3) is 0 Å². The molecule has 0 saturated heterocycles.